The molecule has 2 N–H and O–H groups in total. The van der Waals surface area contributed by atoms with E-state index in [1.807, 2.05) is 0 Å². The van der Waals surface area contributed by atoms with Gasteiger partial charge >= 0.3 is 0 Å². The first-order valence-electron chi connectivity index (χ1n) is 6.39. The summed E-state index contributed by atoms with van der Waals surface area (Å²) in [7, 11) is 0. The summed E-state index contributed by atoms with van der Waals surface area (Å²) in [5.74, 6) is -0.889. The van der Waals surface area contributed by atoms with E-state index in [9.17, 15) is 19.7 Å². The van der Waals surface area contributed by atoms with Crippen LogP contribution in [-0.4, -0.2) is 21.7 Å². The molecule has 0 spiro atoms. The van der Waals surface area contributed by atoms with Crippen LogP contribution in [0.15, 0.2) is 29.8 Å². The Morgan fingerprint density at radius 1 is 1.26 bits per heavy atom. The van der Waals surface area contributed by atoms with Crippen LogP contribution in [0.2, 0.25) is 5.02 Å². The molecule has 0 radical (unpaired) electrons. The molecule has 1 aromatic heterocycles. The summed E-state index contributed by atoms with van der Waals surface area (Å²) in [6, 6.07) is 3.84. The average Bonchev–Trinajstić information content (AvgIpc) is 2.98. The molecule has 0 aliphatic carbocycles. The highest BCUT2D eigenvalue weighted by molar-refractivity contribution is 7.13. The smallest absolute Gasteiger partial charge is 0.292 e. The lowest BCUT2D eigenvalue weighted by atomic mass is 10.2. The Bertz CT molecular complexity index is 736. The number of thiazole rings is 1. The summed E-state index contributed by atoms with van der Waals surface area (Å²) < 4.78 is 0. The van der Waals surface area contributed by atoms with Crippen molar-refractivity contribution in [3.8, 4) is 0 Å². The van der Waals surface area contributed by atoms with Crippen LogP contribution in [0, 0.1) is 10.1 Å². The van der Waals surface area contributed by atoms with Crippen LogP contribution in [0.4, 0.5) is 16.5 Å². The van der Waals surface area contributed by atoms with E-state index < -0.39 is 10.8 Å². The number of anilines is 2. The summed E-state index contributed by atoms with van der Waals surface area (Å²) in [4.78, 5) is 37.6. The second-order valence-electron chi connectivity index (χ2n) is 4.35. The van der Waals surface area contributed by atoms with Gasteiger partial charge < -0.3 is 10.6 Å². The molecule has 0 aliphatic heterocycles. The van der Waals surface area contributed by atoms with Gasteiger partial charge in [0.1, 0.15) is 5.69 Å². The van der Waals surface area contributed by atoms with Crippen molar-refractivity contribution in [1.82, 2.24) is 4.98 Å². The third-order valence-electron chi connectivity index (χ3n) is 2.69. The van der Waals surface area contributed by atoms with Crippen molar-refractivity contribution in [3.63, 3.8) is 0 Å². The fraction of sp³-hybridized carbons (Fsp3) is 0.154. The van der Waals surface area contributed by atoms with E-state index in [4.69, 9.17) is 11.6 Å². The highest BCUT2D eigenvalue weighted by Crippen LogP contribution is 2.27. The van der Waals surface area contributed by atoms with E-state index in [1.165, 1.54) is 29.5 Å². The first kappa shape index (κ1) is 16.8. The lowest BCUT2D eigenvalue weighted by molar-refractivity contribution is -0.383. The van der Waals surface area contributed by atoms with Gasteiger partial charge in [0, 0.05) is 35.5 Å². The number of amides is 2. The Kier molecular flexibility index (Phi) is 5.61. The number of hydrogen-bond donors (Lipinski definition) is 2. The number of nitrogens with zero attached hydrogens (tertiary/aromatic N) is 2. The maximum atomic E-state index is 11.8. The predicted molar refractivity (Wildman–Crippen MR) is 86.7 cm³/mol. The van der Waals surface area contributed by atoms with Gasteiger partial charge in [-0.15, -0.1) is 11.3 Å². The van der Waals surface area contributed by atoms with Gasteiger partial charge in [0.05, 0.1) is 4.92 Å². The van der Waals surface area contributed by atoms with Gasteiger partial charge in [0.25, 0.3) is 5.69 Å². The number of halogens is 1. The first-order chi connectivity index (χ1) is 11.0. The van der Waals surface area contributed by atoms with Crippen LogP contribution < -0.4 is 10.6 Å². The van der Waals surface area contributed by atoms with Gasteiger partial charge in [-0.3, -0.25) is 19.7 Å². The normalized spacial score (nSPS) is 10.1. The molecule has 0 aliphatic rings. The van der Waals surface area contributed by atoms with Crippen molar-refractivity contribution in [3.05, 3.63) is 44.9 Å². The number of rotatable bonds is 6. The van der Waals surface area contributed by atoms with Crippen LogP contribution in [0.5, 0.6) is 0 Å². The molecule has 23 heavy (non-hydrogen) atoms. The minimum atomic E-state index is -0.624. The number of carbonyl (C=O) groups is 2. The number of carbonyl (C=O) groups excluding carboxylic acids is 2. The molecule has 10 heteroatoms. The van der Waals surface area contributed by atoms with Gasteiger partial charge in [-0.05, 0) is 12.1 Å². The Hall–Kier alpha value is -2.52. The number of nitro groups is 1. The lowest BCUT2D eigenvalue weighted by Gasteiger charge is -2.06. The zero-order chi connectivity index (χ0) is 16.8. The van der Waals surface area contributed by atoms with E-state index in [0.29, 0.717) is 5.13 Å². The number of aromatic nitrogens is 1. The van der Waals surface area contributed by atoms with Crippen molar-refractivity contribution < 1.29 is 14.5 Å². The zero-order valence-corrected chi connectivity index (χ0v) is 13.2. The maximum absolute atomic E-state index is 11.8. The summed E-state index contributed by atoms with van der Waals surface area (Å²) in [6.07, 6.45) is 1.35. The fourth-order valence-corrected chi connectivity index (χ4v) is 2.39. The van der Waals surface area contributed by atoms with Crippen LogP contribution in [-0.2, 0) is 9.59 Å². The summed E-state index contributed by atoms with van der Waals surface area (Å²) in [6.45, 7) is 0. The van der Waals surface area contributed by atoms with Crippen LogP contribution in [0.25, 0.3) is 0 Å². The molecular formula is C13H11ClN4O4S. The van der Waals surface area contributed by atoms with Crippen LogP contribution in [0.1, 0.15) is 12.8 Å². The molecule has 2 amide bonds. The van der Waals surface area contributed by atoms with Gasteiger partial charge in [-0.1, -0.05) is 11.6 Å². The Labute approximate surface area is 139 Å². The third kappa shape index (κ3) is 5.01. The number of nitrogens with one attached hydrogen (secondary N) is 2. The van der Waals surface area contributed by atoms with Crippen LogP contribution >= 0.6 is 22.9 Å². The Balaban J connectivity index is 1.91. The van der Waals surface area contributed by atoms with E-state index >= 15 is 0 Å². The van der Waals surface area contributed by atoms with E-state index in [-0.39, 0.29) is 35.1 Å². The highest BCUT2D eigenvalue weighted by Gasteiger charge is 2.17. The molecule has 0 unspecified atom stereocenters. The summed E-state index contributed by atoms with van der Waals surface area (Å²) in [5.41, 5.74) is -0.275. The molecule has 0 fully saturated rings. The van der Waals surface area contributed by atoms with Gasteiger partial charge in [-0.25, -0.2) is 4.98 Å². The van der Waals surface area contributed by atoms with Gasteiger partial charge in [0.15, 0.2) is 5.13 Å². The minimum absolute atomic E-state index is 0.00664. The summed E-state index contributed by atoms with van der Waals surface area (Å²) >= 11 is 7.03. The molecule has 0 saturated heterocycles. The number of nitro benzene ring substituents is 1. The van der Waals surface area contributed by atoms with Gasteiger partial charge in [0.2, 0.25) is 11.8 Å². The van der Waals surface area contributed by atoms with Crippen molar-refractivity contribution in [2.24, 2.45) is 0 Å². The number of benzene rings is 1. The average molecular weight is 355 g/mol. The Morgan fingerprint density at radius 2 is 1.96 bits per heavy atom. The largest absolute Gasteiger partial charge is 0.320 e. The molecule has 0 bridgehead atoms. The monoisotopic (exact) mass is 354 g/mol. The predicted octanol–water partition coefficient (Wildman–Crippen LogP) is 3.06. The van der Waals surface area contributed by atoms with Crippen molar-refractivity contribution in [1.29, 1.82) is 0 Å². The van der Waals surface area contributed by atoms with Crippen molar-refractivity contribution >= 4 is 51.3 Å². The molecule has 0 saturated carbocycles. The molecule has 2 rings (SSSR count). The molecule has 8 nitrogen and oxygen atoms in total. The lowest BCUT2D eigenvalue weighted by Crippen LogP contribution is -2.17. The summed E-state index contributed by atoms with van der Waals surface area (Å²) in [5, 5.41) is 18.2. The molecule has 120 valence electrons. The van der Waals surface area contributed by atoms with Gasteiger partial charge in [-0.2, -0.15) is 0 Å². The molecule has 1 heterocycles. The van der Waals surface area contributed by atoms with E-state index in [1.54, 1.807) is 11.6 Å². The maximum Gasteiger partial charge on any atom is 0.292 e. The molecule has 0 atom stereocenters. The Morgan fingerprint density at radius 3 is 2.57 bits per heavy atom. The van der Waals surface area contributed by atoms with Crippen LogP contribution in [0.3, 0.4) is 0 Å². The molecular weight excluding hydrogens is 344 g/mol. The van der Waals surface area contributed by atoms with E-state index in [0.717, 1.165) is 0 Å². The highest BCUT2D eigenvalue weighted by atomic mass is 35.5. The SMILES string of the molecule is O=C(CCC(=O)Nc1cc(Cl)ccc1[N+](=O)[O-])Nc1nccs1. The minimum Gasteiger partial charge on any atom is -0.320 e. The standard InChI is InChI=1S/C13H11ClN4O4S/c14-8-1-2-10(18(21)22)9(7-8)16-11(19)3-4-12(20)17-13-15-5-6-23-13/h1-2,5-7H,3-4H2,(H,16,19)(H,15,17,20). The molecule has 1 aromatic carbocycles. The second-order valence-corrected chi connectivity index (χ2v) is 5.68. The fourth-order valence-electron chi connectivity index (χ4n) is 1.67. The third-order valence-corrected chi connectivity index (χ3v) is 3.61. The molecule has 2 aromatic rings. The first-order valence-corrected chi connectivity index (χ1v) is 7.64. The van der Waals surface area contributed by atoms with E-state index in [2.05, 4.69) is 15.6 Å². The topological polar surface area (TPSA) is 114 Å². The second kappa shape index (κ2) is 7.65. The zero-order valence-electron chi connectivity index (χ0n) is 11.6. The van der Waals surface area contributed by atoms with Crippen molar-refractivity contribution in [2.75, 3.05) is 10.6 Å². The quantitative estimate of drug-likeness (QED) is 0.611. The van der Waals surface area contributed by atoms with Crippen molar-refractivity contribution in [2.45, 2.75) is 12.8 Å². The number of hydrogen-bond acceptors (Lipinski definition) is 6.